The largest absolute Gasteiger partial charge is 0.441 e. The summed E-state index contributed by atoms with van der Waals surface area (Å²) >= 11 is 0. The van der Waals surface area contributed by atoms with Crippen molar-refractivity contribution in [3.8, 4) is 6.07 Å². The van der Waals surface area contributed by atoms with Gasteiger partial charge in [0.05, 0.1) is 18.4 Å². The highest BCUT2D eigenvalue weighted by Crippen LogP contribution is 2.23. The van der Waals surface area contributed by atoms with Crippen LogP contribution in [-0.4, -0.2) is 18.0 Å². The van der Waals surface area contributed by atoms with Gasteiger partial charge in [0.1, 0.15) is 6.10 Å². The van der Waals surface area contributed by atoms with Gasteiger partial charge in [-0.2, -0.15) is 5.26 Å². The topological polar surface area (TPSA) is 105 Å². The predicted molar refractivity (Wildman–Crippen MR) is 99.9 cm³/mol. The second-order valence-corrected chi connectivity index (χ2v) is 5.99. The van der Waals surface area contributed by atoms with Crippen LogP contribution < -0.4 is 11.1 Å². The lowest BCUT2D eigenvalue weighted by Gasteiger charge is -2.20. The first-order valence-corrected chi connectivity index (χ1v) is 8.37. The van der Waals surface area contributed by atoms with Crippen molar-refractivity contribution >= 4 is 12.0 Å². The number of ether oxygens (including phenoxy) is 1. The van der Waals surface area contributed by atoms with E-state index in [1.54, 1.807) is 19.1 Å². The maximum atomic E-state index is 12.1. The molecule has 6 heteroatoms. The molecule has 0 spiro atoms. The minimum atomic E-state index is -0.852. The Balaban J connectivity index is 2.94. The molecule has 138 valence electrons. The standard InChI is InChI=1S/C20H25N3O3/c1-4-7-18(26-20(22)25)16-9-6-8-15(12-16)13-17(10-11-21)23-19(24)14(3)5-2/h4-6,8-9,12,14,17-18H,1-2,7,10,13H2,3H3,(H2,22,25)(H,23,24)/t14-,17+,18+/m1/s1. The van der Waals surface area contributed by atoms with E-state index in [9.17, 15) is 9.59 Å². The second kappa shape index (κ2) is 10.7. The first kappa shape index (κ1) is 21.0. The molecule has 1 aromatic carbocycles. The van der Waals surface area contributed by atoms with E-state index in [1.807, 2.05) is 24.3 Å². The van der Waals surface area contributed by atoms with Gasteiger partial charge in [0.25, 0.3) is 0 Å². The van der Waals surface area contributed by atoms with E-state index in [0.29, 0.717) is 12.8 Å². The second-order valence-electron chi connectivity index (χ2n) is 5.99. The van der Waals surface area contributed by atoms with Crippen LogP contribution in [0.25, 0.3) is 0 Å². The lowest BCUT2D eigenvalue weighted by atomic mass is 9.98. The summed E-state index contributed by atoms with van der Waals surface area (Å²) < 4.78 is 5.13. The Morgan fingerprint density at radius 3 is 2.73 bits per heavy atom. The summed E-state index contributed by atoms with van der Waals surface area (Å²) in [6.07, 6.45) is 2.94. The normalized spacial score (nSPS) is 13.5. The Hall–Kier alpha value is -3.07. The predicted octanol–water partition coefficient (Wildman–Crippen LogP) is 3.16. The van der Waals surface area contributed by atoms with Crippen LogP contribution in [0.4, 0.5) is 4.79 Å². The van der Waals surface area contributed by atoms with Crippen molar-refractivity contribution in [2.45, 2.75) is 38.3 Å². The van der Waals surface area contributed by atoms with Crippen LogP contribution >= 0.6 is 0 Å². The quantitative estimate of drug-likeness (QED) is 0.629. The van der Waals surface area contributed by atoms with Gasteiger partial charge in [-0.15, -0.1) is 13.2 Å². The maximum absolute atomic E-state index is 12.1. The van der Waals surface area contributed by atoms with E-state index < -0.39 is 12.2 Å². The fourth-order valence-electron chi connectivity index (χ4n) is 2.47. The highest BCUT2D eigenvalue weighted by molar-refractivity contribution is 5.80. The lowest BCUT2D eigenvalue weighted by molar-refractivity contribution is -0.123. The Morgan fingerprint density at radius 2 is 2.15 bits per heavy atom. The minimum Gasteiger partial charge on any atom is -0.441 e. The van der Waals surface area contributed by atoms with Crippen LogP contribution in [0, 0.1) is 17.2 Å². The molecule has 3 N–H and O–H groups in total. The number of nitrogens with one attached hydrogen (secondary N) is 1. The maximum Gasteiger partial charge on any atom is 0.405 e. The van der Waals surface area contributed by atoms with Crippen molar-refractivity contribution in [3.05, 3.63) is 60.7 Å². The van der Waals surface area contributed by atoms with E-state index in [0.717, 1.165) is 11.1 Å². The van der Waals surface area contributed by atoms with Crippen molar-refractivity contribution in [1.29, 1.82) is 5.26 Å². The number of nitrogens with zero attached hydrogens (tertiary/aromatic N) is 1. The molecule has 0 aromatic heterocycles. The van der Waals surface area contributed by atoms with Gasteiger partial charge in [0.2, 0.25) is 5.91 Å². The van der Waals surface area contributed by atoms with Gasteiger partial charge in [0.15, 0.2) is 0 Å². The molecule has 6 nitrogen and oxygen atoms in total. The first-order valence-electron chi connectivity index (χ1n) is 8.37. The van der Waals surface area contributed by atoms with Crippen molar-refractivity contribution in [3.63, 3.8) is 0 Å². The number of carbonyl (C=O) groups is 2. The summed E-state index contributed by atoms with van der Waals surface area (Å²) in [7, 11) is 0. The molecule has 0 aliphatic heterocycles. The van der Waals surface area contributed by atoms with Crippen LogP contribution in [-0.2, 0) is 16.0 Å². The van der Waals surface area contributed by atoms with Crippen molar-refractivity contribution in [2.24, 2.45) is 11.7 Å². The molecule has 2 amide bonds. The van der Waals surface area contributed by atoms with Crippen LogP contribution in [0.3, 0.4) is 0 Å². The van der Waals surface area contributed by atoms with E-state index in [-0.39, 0.29) is 24.3 Å². The number of rotatable bonds is 10. The zero-order chi connectivity index (χ0) is 19.5. The Kier molecular flexibility index (Phi) is 8.65. The van der Waals surface area contributed by atoms with Gasteiger partial charge < -0.3 is 15.8 Å². The third-order valence-electron chi connectivity index (χ3n) is 3.90. The molecule has 0 bridgehead atoms. The average molecular weight is 355 g/mol. The van der Waals surface area contributed by atoms with Crippen LogP contribution in [0.2, 0.25) is 0 Å². The van der Waals surface area contributed by atoms with Gasteiger partial charge in [-0.3, -0.25) is 4.79 Å². The Labute approximate surface area is 154 Å². The smallest absolute Gasteiger partial charge is 0.405 e. The van der Waals surface area contributed by atoms with Crippen molar-refractivity contribution in [1.82, 2.24) is 5.32 Å². The van der Waals surface area contributed by atoms with Crippen LogP contribution in [0.15, 0.2) is 49.6 Å². The number of amides is 2. The molecule has 0 aliphatic carbocycles. The van der Waals surface area contributed by atoms with Gasteiger partial charge in [-0.1, -0.05) is 43.3 Å². The summed E-state index contributed by atoms with van der Waals surface area (Å²) in [5.74, 6) is -0.499. The van der Waals surface area contributed by atoms with Gasteiger partial charge >= 0.3 is 6.09 Å². The van der Waals surface area contributed by atoms with Crippen LogP contribution in [0.1, 0.15) is 37.0 Å². The minimum absolute atomic E-state index is 0.169. The molecule has 0 heterocycles. The first-order chi connectivity index (χ1) is 12.4. The average Bonchev–Trinajstić information content (AvgIpc) is 2.60. The highest BCUT2D eigenvalue weighted by Gasteiger charge is 2.18. The van der Waals surface area contributed by atoms with E-state index in [2.05, 4.69) is 24.5 Å². The molecule has 1 aromatic rings. The third kappa shape index (κ3) is 6.81. The number of nitriles is 1. The Bertz CT molecular complexity index is 694. The van der Waals surface area contributed by atoms with Gasteiger partial charge in [-0.05, 0) is 17.5 Å². The van der Waals surface area contributed by atoms with Gasteiger partial charge in [-0.25, -0.2) is 4.79 Å². The summed E-state index contributed by atoms with van der Waals surface area (Å²) in [5, 5.41) is 11.9. The lowest BCUT2D eigenvalue weighted by Crippen LogP contribution is -2.38. The number of hydrogen-bond donors (Lipinski definition) is 2. The molecule has 0 fully saturated rings. The fraction of sp³-hybridized carbons (Fsp3) is 0.350. The Morgan fingerprint density at radius 1 is 1.42 bits per heavy atom. The van der Waals surface area contributed by atoms with Gasteiger partial charge in [0, 0.05) is 12.5 Å². The summed E-state index contributed by atoms with van der Waals surface area (Å²) in [6, 6.07) is 9.22. The molecule has 0 unspecified atom stereocenters. The van der Waals surface area contributed by atoms with E-state index >= 15 is 0 Å². The molecular formula is C20H25N3O3. The van der Waals surface area contributed by atoms with E-state index in [1.165, 1.54) is 0 Å². The molecule has 3 atom stereocenters. The molecule has 0 saturated carbocycles. The SMILES string of the molecule is C=CC[C@H](OC(N)=O)c1cccc(C[C@H](CC#N)NC(=O)[C@H](C)C=C)c1. The monoisotopic (exact) mass is 355 g/mol. The number of nitrogens with two attached hydrogens (primary N) is 1. The molecule has 0 saturated heterocycles. The summed E-state index contributed by atoms with van der Waals surface area (Å²) in [4.78, 5) is 23.2. The number of carbonyl (C=O) groups excluding carboxylic acids is 2. The van der Waals surface area contributed by atoms with Crippen LogP contribution in [0.5, 0.6) is 0 Å². The number of primary amides is 1. The molecule has 26 heavy (non-hydrogen) atoms. The zero-order valence-corrected chi connectivity index (χ0v) is 15.0. The zero-order valence-electron chi connectivity index (χ0n) is 15.0. The van der Waals surface area contributed by atoms with E-state index in [4.69, 9.17) is 15.7 Å². The molecule has 0 radical (unpaired) electrons. The van der Waals surface area contributed by atoms with Crippen molar-refractivity contribution in [2.75, 3.05) is 0 Å². The molecule has 1 rings (SSSR count). The molecular weight excluding hydrogens is 330 g/mol. The highest BCUT2D eigenvalue weighted by atomic mass is 16.6. The summed E-state index contributed by atoms with van der Waals surface area (Å²) in [6.45, 7) is 9.01. The molecule has 0 aliphatic rings. The summed E-state index contributed by atoms with van der Waals surface area (Å²) in [5.41, 5.74) is 6.82. The fourth-order valence-corrected chi connectivity index (χ4v) is 2.47. The third-order valence-corrected chi connectivity index (χ3v) is 3.90. The number of benzene rings is 1. The van der Waals surface area contributed by atoms with Crippen molar-refractivity contribution < 1.29 is 14.3 Å². The number of hydrogen-bond acceptors (Lipinski definition) is 4.